The zero-order valence-corrected chi connectivity index (χ0v) is 11.8. The Morgan fingerprint density at radius 2 is 2.13 bits per heavy atom. The predicted molar refractivity (Wildman–Crippen MR) is 78.4 cm³/mol. The van der Waals surface area contributed by atoms with Gasteiger partial charge in [-0.1, -0.05) is 0 Å². The summed E-state index contributed by atoms with van der Waals surface area (Å²) in [6.07, 6.45) is 0.353. The summed E-state index contributed by atoms with van der Waals surface area (Å²) in [7, 11) is 0. The molecule has 0 radical (unpaired) electrons. The van der Waals surface area contributed by atoms with Crippen molar-refractivity contribution in [2.45, 2.75) is 6.10 Å². The van der Waals surface area contributed by atoms with Crippen LogP contribution in [0, 0.1) is 5.82 Å². The molecule has 7 heteroatoms. The topological polar surface area (TPSA) is 92.7 Å². The summed E-state index contributed by atoms with van der Waals surface area (Å²) in [6, 6.07) is 8.04. The van der Waals surface area contributed by atoms with E-state index in [2.05, 4.69) is 5.32 Å². The summed E-state index contributed by atoms with van der Waals surface area (Å²) in [5.74, 6) is -0.945. The van der Waals surface area contributed by atoms with E-state index in [1.165, 1.54) is 18.4 Å². The molecule has 3 rings (SSSR count). The van der Waals surface area contributed by atoms with Crippen molar-refractivity contribution in [2.75, 3.05) is 6.54 Å². The van der Waals surface area contributed by atoms with Crippen molar-refractivity contribution in [3.8, 4) is 0 Å². The Labute approximate surface area is 129 Å². The van der Waals surface area contributed by atoms with E-state index in [9.17, 15) is 19.1 Å². The van der Waals surface area contributed by atoms with E-state index >= 15 is 0 Å². The van der Waals surface area contributed by atoms with Crippen molar-refractivity contribution in [2.24, 2.45) is 0 Å². The maximum atomic E-state index is 13.2. The van der Waals surface area contributed by atoms with Gasteiger partial charge in [0.1, 0.15) is 28.8 Å². The van der Waals surface area contributed by atoms with Gasteiger partial charge in [0.05, 0.1) is 12.8 Å². The van der Waals surface area contributed by atoms with Gasteiger partial charge in [0.25, 0.3) is 5.91 Å². The number of nitrogens with one attached hydrogen (secondary N) is 1. The fraction of sp³-hybridized carbons (Fsp3) is 0.125. The molecule has 2 heterocycles. The Morgan fingerprint density at radius 1 is 1.30 bits per heavy atom. The molecule has 0 saturated carbocycles. The maximum absolute atomic E-state index is 13.2. The first-order chi connectivity index (χ1) is 11.0. The van der Waals surface area contributed by atoms with Crippen LogP contribution in [0.2, 0.25) is 0 Å². The van der Waals surface area contributed by atoms with E-state index in [1.807, 2.05) is 0 Å². The molecule has 0 spiro atoms. The number of furan rings is 1. The smallest absolute Gasteiger partial charge is 0.349 e. The molecule has 0 bridgehead atoms. The molecule has 0 fully saturated rings. The van der Waals surface area contributed by atoms with Gasteiger partial charge in [-0.3, -0.25) is 4.79 Å². The lowest BCUT2D eigenvalue weighted by molar-refractivity contribution is 0.0897. The number of hydrogen-bond acceptors (Lipinski definition) is 5. The number of amides is 1. The minimum atomic E-state index is -1.04. The minimum absolute atomic E-state index is 0.146. The van der Waals surface area contributed by atoms with E-state index in [4.69, 9.17) is 8.83 Å². The molecular weight excluding hydrogens is 305 g/mol. The lowest BCUT2D eigenvalue weighted by Gasteiger charge is -2.09. The molecule has 118 valence electrons. The molecular formula is C16H12FNO5. The largest absolute Gasteiger partial charge is 0.467 e. The molecule has 23 heavy (non-hydrogen) atoms. The predicted octanol–water partition coefficient (Wildman–Crippen LogP) is 1.99. The Bertz CT molecular complexity index is 900. The monoisotopic (exact) mass is 317 g/mol. The molecule has 2 aromatic heterocycles. The first kappa shape index (κ1) is 15.0. The van der Waals surface area contributed by atoms with Crippen LogP contribution in [-0.2, 0) is 0 Å². The van der Waals surface area contributed by atoms with Crippen LogP contribution in [0.3, 0.4) is 0 Å². The fourth-order valence-corrected chi connectivity index (χ4v) is 2.12. The van der Waals surface area contributed by atoms with Crippen LogP contribution >= 0.6 is 0 Å². The van der Waals surface area contributed by atoms with E-state index in [0.717, 1.165) is 12.1 Å². The molecule has 1 amide bonds. The van der Waals surface area contributed by atoms with Gasteiger partial charge in [-0.25, -0.2) is 9.18 Å². The lowest BCUT2D eigenvalue weighted by atomic mass is 10.1. The van der Waals surface area contributed by atoms with Gasteiger partial charge in [0.15, 0.2) is 0 Å². The third-order valence-electron chi connectivity index (χ3n) is 3.27. The molecule has 0 aliphatic heterocycles. The number of fused-ring (bicyclic) bond motifs is 1. The van der Waals surface area contributed by atoms with Gasteiger partial charge in [0.2, 0.25) is 0 Å². The second-order valence-corrected chi connectivity index (χ2v) is 4.87. The number of halogens is 1. The van der Waals surface area contributed by atoms with Crippen LogP contribution in [0.15, 0.2) is 56.3 Å². The van der Waals surface area contributed by atoms with Crippen LogP contribution in [0.4, 0.5) is 4.39 Å². The Kier molecular flexibility index (Phi) is 3.94. The number of rotatable bonds is 4. The molecule has 1 unspecified atom stereocenters. The zero-order chi connectivity index (χ0) is 16.4. The van der Waals surface area contributed by atoms with Crippen LogP contribution in [0.5, 0.6) is 0 Å². The van der Waals surface area contributed by atoms with E-state index in [0.29, 0.717) is 5.39 Å². The molecule has 0 aliphatic carbocycles. The molecule has 3 aromatic rings. The van der Waals surface area contributed by atoms with Gasteiger partial charge < -0.3 is 19.3 Å². The SMILES string of the molecule is O=C(NCC(O)c1ccco1)c1cc2cc(F)ccc2oc1=O. The number of carbonyl (C=O) groups is 1. The van der Waals surface area contributed by atoms with Crippen LogP contribution < -0.4 is 10.9 Å². The van der Waals surface area contributed by atoms with E-state index in [-0.39, 0.29) is 23.5 Å². The summed E-state index contributed by atoms with van der Waals surface area (Å²) >= 11 is 0. The van der Waals surface area contributed by atoms with Crippen molar-refractivity contribution in [3.63, 3.8) is 0 Å². The standard InChI is InChI=1S/C16H12FNO5/c17-10-3-4-13-9(6-10)7-11(16(21)23-13)15(20)18-8-12(19)14-2-1-5-22-14/h1-7,12,19H,8H2,(H,18,20). The summed E-state index contributed by atoms with van der Waals surface area (Å²) in [6.45, 7) is -0.146. The van der Waals surface area contributed by atoms with Gasteiger partial charge >= 0.3 is 5.63 Å². The number of aliphatic hydroxyl groups is 1. The van der Waals surface area contributed by atoms with Gasteiger partial charge in [-0.2, -0.15) is 0 Å². The number of benzene rings is 1. The van der Waals surface area contributed by atoms with E-state index < -0.39 is 23.5 Å². The number of carbonyl (C=O) groups excluding carboxylic acids is 1. The summed E-state index contributed by atoms with van der Waals surface area (Å²) in [4.78, 5) is 23.9. The Balaban J connectivity index is 1.80. The van der Waals surface area contributed by atoms with Crippen molar-refractivity contribution >= 4 is 16.9 Å². The quantitative estimate of drug-likeness (QED) is 0.718. The van der Waals surface area contributed by atoms with Crippen LogP contribution in [0.25, 0.3) is 11.0 Å². The minimum Gasteiger partial charge on any atom is -0.467 e. The highest BCUT2D eigenvalue weighted by Crippen LogP contribution is 2.15. The second-order valence-electron chi connectivity index (χ2n) is 4.87. The van der Waals surface area contributed by atoms with Crippen LogP contribution in [-0.4, -0.2) is 17.6 Å². The van der Waals surface area contributed by atoms with Gasteiger partial charge in [0, 0.05) is 5.39 Å². The Hall–Kier alpha value is -2.93. The summed E-state index contributed by atoms with van der Waals surface area (Å²) < 4.78 is 23.2. The molecule has 0 saturated heterocycles. The lowest BCUT2D eigenvalue weighted by Crippen LogP contribution is -2.31. The molecule has 1 aromatic carbocycles. The third-order valence-corrected chi connectivity index (χ3v) is 3.27. The number of hydrogen-bond donors (Lipinski definition) is 2. The van der Waals surface area contributed by atoms with Crippen molar-refractivity contribution in [1.82, 2.24) is 5.32 Å². The maximum Gasteiger partial charge on any atom is 0.349 e. The molecule has 6 nitrogen and oxygen atoms in total. The third kappa shape index (κ3) is 3.14. The first-order valence-electron chi connectivity index (χ1n) is 6.77. The van der Waals surface area contributed by atoms with Crippen LogP contribution in [0.1, 0.15) is 22.2 Å². The number of aliphatic hydroxyl groups excluding tert-OH is 1. The fourth-order valence-electron chi connectivity index (χ4n) is 2.12. The first-order valence-corrected chi connectivity index (χ1v) is 6.77. The normalized spacial score (nSPS) is 12.3. The zero-order valence-electron chi connectivity index (χ0n) is 11.8. The summed E-state index contributed by atoms with van der Waals surface area (Å²) in [5.41, 5.74) is -0.924. The average Bonchev–Trinajstić information content (AvgIpc) is 3.06. The summed E-state index contributed by atoms with van der Waals surface area (Å²) in [5, 5.41) is 12.5. The highest BCUT2D eigenvalue weighted by atomic mass is 19.1. The molecule has 1 atom stereocenters. The highest BCUT2D eigenvalue weighted by Gasteiger charge is 2.17. The van der Waals surface area contributed by atoms with Gasteiger partial charge in [-0.15, -0.1) is 0 Å². The Morgan fingerprint density at radius 3 is 2.87 bits per heavy atom. The molecule has 0 aliphatic rings. The van der Waals surface area contributed by atoms with E-state index in [1.54, 1.807) is 12.1 Å². The van der Waals surface area contributed by atoms with Crippen molar-refractivity contribution in [3.05, 3.63) is 70.2 Å². The van der Waals surface area contributed by atoms with Gasteiger partial charge in [-0.05, 0) is 36.4 Å². The average molecular weight is 317 g/mol. The highest BCUT2D eigenvalue weighted by molar-refractivity contribution is 5.96. The van der Waals surface area contributed by atoms with Crippen molar-refractivity contribution in [1.29, 1.82) is 0 Å². The second kappa shape index (κ2) is 6.05. The van der Waals surface area contributed by atoms with Crippen molar-refractivity contribution < 1.29 is 23.1 Å². The molecule has 2 N–H and O–H groups in total.